The molecule has 2 aromatic rings. The lowest BCUT2D eigenvalue weighted by atomic mass is 10.3. The first-order valence-corrected chi connectivity index (χ1v) is 7.26. The molecule has 6 nitrogen and oxygen atoms in total. The Kier molecular flexibility index (Phi) is 4.67. The van der Waals surface area contributed by atoms with Crippen molar-refractivity contribution in [2.24, 2.45) is 0 Å². The molecular weight excluding hydrogens is 290 g/mol. The zero-order chi connectivity index (χ0) is 15.6. The number of rotatable bonds is 4. The summed E-state index contributed by atoms with van der Waals surface area (Å²) in [5.41, 5.74) is 2.73. The molecule has 0 radical (unpaired) electrons. The number of nitrogens with one attached hydrogen (secondary N) is 1. The van der Waals surface area contributed by atoms with Crippen LogP contribution in [-0.2, 0) is 6.54 Å². The summed E-state index contributed by atoms with van der Waals surface area (Å²) >= 11 is 6.22. The molecule has 7 heteroatoms. The molecule has 0 aliphatic carbocycles. The van der Waals surface area contributed by atoms with Gasteiger partial charge in [-0.15, -0.1) is 11.6 Å². The maximum atomic E-state index is 11.6. The number of fused-ring (bicyclic) bond motifs is 1. The molecule has 2 heterocycles. The van der Waals surface area contributed by atoms with Crippen molar-refractivity contribution < 1.29 is 4.79 Å². The molecule has 0 saturated heterocycles. The Hall–Kier alpha value is -1.82. The normalized spacial score (nSPS) is 12.4. The van der Waals surface area contributed by atoms with Gasteiger partial charge in [-0.3, -0.25) is 0 Å². The van der Waals surface area contributed by atoms with Gasteiger partial charge in [0.05, 0.1) is 5.38 Å². The second-order valence-corrected chi connectivity index (χ2v) is 5.82. The summed E-state index contributed by atoms with van der Waals surface area (Å²) in [7, 11) is 3.41. The largest absolute Gasteiger partial charge is 0.336 e. The zero-order valence-corrected chi connectivity index (χ0v) is 13.5. The van der Waals surface area contributed by atoms with Gasteiger partial charge in [0.25, 0.3) is 0 Å². The van der Waals surface area contributed by atoms with E-state index in [1.54, 1.807) is 20.3 Å². The standard InChI is InChI=1S/C14H20ClN5O/c1-9-5-6-16-13-11(9)18-12(10(2)15)20(13)8-7-17-14(21)19(3)4/h5-6,10H,7-8H2,1-4H3,(H,17,21). The van der Waals surface area contributed by atoms with Crippen LogP contribution in [0.4, 0.5) is 4.79 Å². The quantitative estimate of drug-likeness (QED) is 0.882. The third kappa shape index (κ3) is 3.26. The average molecular weight is 310 g/mol. The number of imidazole rings is 1. The third-order valence-electron chi connectivity index (χ3n) is 3.24. The Morgan fingerprint density at radius 3 is 2.86 bits per heavy atom. The van der Waals surface area contributed by atoms with Crippen molar-refractivity contribution in [3.05, 3.63) is 23.7 Å². The van der Waals surface area contributed by atoms with Crippen molar-refractivity contribution >= 4 is 28.8 Å². The highest BCUT2D eigenvalue weighted by atomic mass is 35.5. The van der Waals surface area contributed by atoms with Crippen molar-refractivity contribution in [2.75, 3.05) is 20.6 Å². The highest BCUT2D eigenvalue weighted by Crippen LogP contribution is 2.24. The SMILES string of the molecule is Cc1ccnc2c1nc(C(C)Cl)n2CCNC(=O)N(C)C. The Balaban J connectivity index is 2.27. The number of hydrogen-bond acceptors (Lipinski definition) is 3. The fourth-order valence-corrected chi connectivity index (χ4v) is 2.28. The monoisotopic (exact) mass is 309 g/mol. The number of carbonyl (C=O) groups is 1. The number of aryl methyl sites for hydroxylation is 1. The second-order valence-electron chi connectivity index (χ2n) is 5.16. The van der Waals surface area contributed by atoms with Crippen LogP contribution in [0, 0.1) is 6.92 Å². The van der Waals surface area contributed by atoms with Gasteiger partial charge in [-0.05, 0) is 25.5 Å². The van der Waals surface area contributed by atoms with Crippen molar-refractivity contribution in [1.29, 1.82) is 0 Å². The molecular formula is C14H20ClN5O. The maximum Gasteiger partial charge on any atom is 0.316 e. The number of carbonyl (C=O) groups excluding carboxylic acids is 1. The van der Waals surface area contributed by atoms with Crippen LogP contribution < -0.4 is 5.32 Å². The second kappa shape index (κ2) is 6.30. The van der Waals surface area contributed by atoms with Crippen LogP contribution in [0.1, 0.15) is 23.7 Å². The van der Waals surface area contributed by atoms with Gasteiger partial charge in [-0.2, -0.15) is 0 Å². The van der Waals surface area contributed by atoms with Gasteiger partial charge in [-0.1, -0.05) is 0 Å². The molecule has 0 saturated carbocycles. The van der Waals surface area contributed by atoms with Gasteiger partial charge in [-0.25, -0.2) is 14.8 Å². The minimum atomic E-state index is -0.219. The lowest BCUT2D eigenvalue weighted by molar-refractivity contribution is 0.217. The highest BCUT2D eigenvalue weighted by molar-refractivity contribution is 6.20. The lowest BCUT2D eigenvalue weighted by Crippen LogP contribution is -2.36. The summed E-state index contributed by atoms with van der Waals surface area (Å²) in [5.74, 6) is 0.771. The van der Waals surface area contributed by atoms with E-state index in [1.807, 2.05) is 24.5 Å². The van der Waals surface area contributed by atoms with Crippen LogP contribution in [-0.4, -0.2) is 46.1 Å². The molecule has 2 amide bonds. The Morgan fingerprint density at radius 1 is 1.52 bits per heavy atom. The minimum Gasteiger partial charge on any atom is -0.336 e. The van der Waals surface area contributed by atoms with Gasteiger partial charge in [0.15, 0.2) is 5.65 Å². The number of alkyl halides is 1. The fourth-order valence-electron chi connectivity index (χ4n) is 2.11. The van der Waals surface area contributed by atoms with Crippen LogP contribution in [0.2, 0.25) is 0 Å². The molecule has 1 N–H and O–H groups in total. The smallest absolute Gasteiger partial charge is 0.316 e. The first kappa shape index (κ1) is 15.6. The van der Waals surface area contributed by atoms with Crippen LogP contribution in [0.25, 0.3) is 11.2 Å². The molecule has 0 aliphatic rings. The van der Waals surface area contributed by atoms with Gasteiger partial charge < -0.3 is 14.8 Å². The minimum absolute atomic E-state index is 0.121. The summed E-state index contributed by atoms with van der Waals surface area (Å²) in [5, 5.41) is 2.61. The van der Waals surface area contributed by atoms with E-state index in [9.17, 15) is 4.79 Å². The molecule has 1 atom stereocenters. The molecule has 0 aromatic carbocycles. The van der Waals surface area contributed by atoms with E-state index in [2.05, 4.69) is 15.3 Å². The van der Waals surface area contributed by atoms with Crippen LogP contribution in [0.5, 0.6) is 0 Å². The Bertz CT molecular complexity index is 650. The summed E-state index contributed by atoms with van der Waals surface area (Å²) in [6.45, 7) is 4.96. The number of urea groups is 1. The van der Waals surface area contributed by atoms with Crippen LogP contribution >= 0.6 is 11.6 Å². The highest BCUT2D eigenvalue weighted by Gasteiger charge is 2.17. The van der Waals surface area contributed by atoms with Crippen LogP contribution in [0.15, 0.2) is 12.3 Å². The van der Waals surface area contributed by atoms with Gasteiger partial charge in [0.2, 0.25) is 0 Å². The fraction of sp³-hybridized carbons (Fsp3) is 0.500. The van der Waals surface area contributed by atoms with E-state index in [0.29, 0.717) is 13.1 Å². The predicted octanol–water partition coefficient (Wildman–Crippen LogP) is 2.31. The number of amides is 2. The van der Waals surface area contributed by atoms with E-state index in [1.165, 1.54) is 4.90 Å². The summed E-state index contributed by atoms with van der Waals surface area (Å²) < 4.78 is 1.97. The summed E-state index contributed by atoms with van der Waals surface area (Å²) in [6, 6.07) is 1.81. The van der Waals surface area contributed by atoms with E-state index in [-0.39, 0.29) is 11.4 Å². The van der Waals surface area contributed by atoms with Crippen molar-refractivity contribution in [3.8, 4) is 0 Å². The first-order chi connectivity index (χ1) is 9.91. The van der Waals surface area contributed by atoms with E-state index in [0.717, 1.165) is 22.6 Å². The molecule has 0 fully saturated rings. The number of pyridine rings is 1. The van der Waals surface area contributed by atoms with Crippen molar-refractivity contribution in [3.63, 3.8) is 0 Å². The first-order valence-electron chi connectivity index (χ1n) is 6.82. The topological polar surface area (TPSA) is 63.1 Å². The molecule has 0 spiro atoms. The average Bonchev–Trinajstić information content (AvgIpc) is 2.79. The molecule has 21 heavy (non-hydrogen) atoms. The van der Waals surface area contributed by atoms with Gasteiger partial charge >= 0.3 is 6.03 Å². The lowest BCUT2D eigenvalue weighted by Gasteiger charge is -2.14. The number of halogens is 1. The molecule has 0 aliphatic heterocycles. The molecule has 0 bridgehead atoms. The zero-order valence-electron chi connectivity index (χ0n) is 12.7. The van der Waals surface area contributed by atoms with Gasteiger partial charge in [0, 0.05) is 33.4 Å². The number of hydrogen-bond donors (Lipinski definition) is 1. The predicted molar refractivity (Wildman–Crippen MR) is 83.6 cm³/mol. The van der Waals surface area contributed by atoms with Crippen LogP contribution in [0.3, 0.4) is 0 Å². The summed E-state index contributed by atoms with van der Waals surface area (Å²) in [4.78, 5) is 22.0. The molecule has 1 unspecified atom stereocenters. The van der Waals surface area contributed by atoms with E-state index in [4.69, 9.17) is 11.6 Å². The number of nitrogens with zero attached hydrogens (tertiary/aromatic N) is 4. The number of aromatic nitrogens is 3. The molecule has 2 aromatic heterocycles. The van der Waals surface area contributed by atoms with E-state index >= 15 is 0 Å². The third-order valence-corrected chi connectivity index (χ3v) is 3.43. The Labute approximate surface area is 129 Å². The van der Waals surface area contributed by atoms with Crippen molar-refractivity contribution in [2.45, 2.75) is 25.8 Å². The maximum absolute atomic E-state index is 11.6. The van der Waals surface area contributed by atoms with Crippen molar-refractivity contribution in [1.82, 2.24) is 24.8 Å². The molecule has 2 rings (SSSR count). The Morgan fingerprint density at radius 2 is 2.24 bits per heavy atom. The van der Waals surface area contributed by atoms with Gasteiger partial charge in [0.1, 0.15) is 11.3 Å². The van der Waals surface area contributed by atoms with E-state index < -0.39 is 0 Å². The summed E-state index contributed by atoms with van der Waals surface area (Å²) in [6.07, 6.45) is 1.76. The molecule has 114 valence electrons.